The van der Waals surface area contributed by atoms with Gasteiger partial charge in [-0.3, -0.25) is 4.79 Å². The first-order valence-corrected chi connectivity index (χ1v) is 11.7. The SMILES string of the molecule is CCCCN(CCCC)S(=O)(=O)c1ccc(S(=O)(=O)NC(C)=O)cc1Cl. The summed E-state index contributed by atoms with van der Waals surface area (Å²) in [5, 5.41) is -0.200. The van der Waals surface area contributed by atoms with Gasteiger partial charge in [-0.2, -0.15) is 4.31 Å². The van der Waals surface area contributed by atoms with Gasteiger partial charge in [-0.25, -0.2) is 21.6 Å². The average Bonchev–Trinajstić information content (AvgIpc) is 2.53. The molecular weight excluding hydrogens is 400 g/mol. The van der Waals surface area contributed by atoms with Gasteiger partial charge < -0.3 is 0 Å². The summed E-state index contributed by atoms with van der Waals surface area (Å²) in [6, 6.07) is 3.33. The molecule has 10 heteroatoms. The van der Waals surface area contributed by atoms with Crippen molar-refractivity contribution in [1.82, 2.24) is 9.03 Å². The van der Waals surface area contributed by atoms with Gasteiger partial charge in [-0.1, -0.05) is 38.3 Å². The minimum absolute atomic E-state index is 0.145. The minimum Gasteiger partial charge on any atom is -0.274 e. The lowest BCUT2D eigenvalue weighted by atomic mass is 10.3. The van der Waals surface area contributed by atoms with Gasteiger partial charge in [0.15, 0.2) is 0 Å². The summed E-state index contributed by atoms with van der Waals surface area (Å²) in [5.74, 6) is -0.747. The predicted molar refractivity (Wildman–Crippen MR) is 101 cm³/mol. The Morgan fingerprint density at radius 2 is 1.62 bits per heavy atom. The maximum atomic E-state index is 12.9. The van der Waals surface area contributed by atoms with Crippen LogP contribution in [0.15, 0.2) is 28.0 Å². The number of amides is 1. The lowest BCUT2D eigenvalue weighted by Crippen LogP contribution is -2.33. The molecule has 148 valence electrons. The summed E-state index contributed by atoms with van der Waals surface area (Å²) < 4.78 is 53.1. The Kier molecular flexibility index (Phi) is 8.52. The van der Waals surface area contributed by atoms with Crippen LogP contribution < -0.4 is 4.72 Å². The van der Waals surface area contributed by atoms with E-state index in [2.05, 4.69) is 0 Å². The third kappa shape index (κ3) is 5.94. The molecule has 1 amide bonds. The molecule has 0 radical (unpaired) electrons. The van der Waals surface area contributed by atoms with Crippen molar-refractivity contribution >= 4 is 37.6 Å². The van der Waals surface area contributed by atoms with Crippen LogP contribution in [0.25, 0.3) is 0 Å². The zero-order valence-electron chi connectivity index (χ0n) is 15.2. The molecular formula is C16H25ClN2O5S2. The summed E-state index contributed by atoms with van der Waals surface area (Å²) in [7, 11) is -7.93. The van der Waals surface area contributed by atoms with Crippen LogP contribution in [0, 0.1) is 0 Å². The highest BCUT2D eigenvalue weighted by Gasteiger charge is 2.27. The first-order chi connectivity index (χ1) is 12.1. The number of sulfonamides is 2. The molecule has 0 atom stereocenters. The number of carbonyl (C=O) groups is 1. The molecule has 0 bridgehead atoms. The Balaban J connectivity index is 3.25. The minimum atomic E-state index is -4.09. The Labute approximate surface area is 160 Å². The molecule has 0 aliphatic carbocycles. The van der Waals surface area contributed by atoms with Crippen LogP contribution in [0.5, 0.6) is 0 Å². The topological polar surface area (TPSA) is 101 Å². The number of nitrogens with one attached hydrogen (secondary N) is 1. The lowest BCUT2D eigenvalue weighted by Gasteiger charge is -2.22. The second-order valence-electron chi connectivity index (χ2n) is 5.87. The van der Waals surface area contributed by atoms with E-state index in [-0.39, 0.29) is 14.8 Å². The monoisotopic (exact) mass is 424 g/mol. The second kappa shape index (κ2) is 9.68. The van der Waals surface area contributed by atoms with Crippen molar-refractivity contribution in [3.8, 4) is 0 Å². The van der Waals surface area contributed by atoms with Crippen molar-refractivity contribution in [3.63, 3.8) is 0 Å². The highest BCUT2D eigenvalue weighted by atomic mass is 35.5. The zero-order valence-corrected chi connectivity index (χ0v) is 17.5. The number of hydrogen-bond acceptors (Lipinski definition) is 5. The standard InChI is InChI=1S/C16H25ClN2O5S2/c1-4-6-10-19(11-7-5-2)26(23,24)16-9-8-14(12-15(16)17)25(21,22)18-13(3)20/h8-9,12H,4-7,10-11H2,1-3H3,(H,18,20). The molecule has 1 aromatic rings. The third-order valence-corrected chi connectivity index (χ3v) is 7.44. The lowest BCUT2D eigenvalue weighted by molar-refractivity contribution is -0.117. The fourth-order valence-electron chi connectivity index (χ4n) is 2.27. The first kappa shape index (κ1) is 22.9. The van der Waals surface area contributed by atoms with Crippen molar-refractivity contribution in [2.24, 2.45) is 0 Å². The Morgan fingerprint density at radius 3 is 2.04 bits per heavy atom. The third-order valence-electron chi connectivity index (χ3n) is 3.63. The van der Waals surface area contributed by atoms with Crippen molar-refractivity contribution in [2.75, 3.05) is 13.1 Å². The molecule has 1 N–H and O–H groups in total. The number of hydrogen-bond donors (Lipinski definition) is 1. The normalized spacial score (nSPS) is 12.3. The van der Waals surface area contributed by atoms with Crippen LogP contribution in [0.2, 0.25) is 5.02 Å². The van der Waals surface area contributed by atoms with Crippen LogP contribution >= 0.6 is 11.6 Å². The van der Waals surface area contributed by atoms with Gasteiger partial charge in [-0.05, 0) is 31.0 Å². The van der Waals surface area contributed by atoms with E-state index in [0.717, 1.165) is 50.8 Å². The van der Waals surface area contributed by atoms with Gasteiger partial charge in [0.25, 0.3) is 10.0 Å². The van der Waals surface area contributed by atoms with Gasteiger partial charge >= 0.3 is 0 Å². The summed E-state index contributed by atoms with van der Waals surface area (Å²) in [5.41, 5.74) is 0. The molecule has 0 fully saturated rings. The van der Waals surface area contributed by atoms with E-state index in [0.29, 0.717) is 13.1 Å². The molecule has 26 heavy (non-hydrogen) atoms. The number of unbranched alkanes of at least 4 members (excludes halogenated alkanes) is 2. The first-order valence-electron chi connectivity index (χ1n) is 8.39. The second-order valence-corrected chi connectivity index (χ2v) is 9.86. The fourth-order valence-corrected chi connectivity index (χ4v) is 5.38. The van der Waals surface area contributed by atoms with Gasteiger partial charge in [0.1, 0.15) is 4.90 Å². The quantitative estimate of drug-likeness (QED) is 0.622. The van der Waals surface area contributed by atoms with E-state index < -0.39 is 26.0 Å². The largest absolute Gasteiger partial charge is 0.274 e. The smallest absolute Gasteiger partial charge is 0.264 e. The highest BCUT2D eigenvalue weighted by molar-refractivity contribution is 7.90. The van der Waals surface area contributed by atoms with Crippen LogP contribution in [0.1, 0.15) is 46.5 Å². The molecule has 0 aliphatic heterocycles. The number of nitrogens with zero attached hydrogens (tertiary/aromatic N) is 1. The predicted octanol–water partition coefficient (Wildman–Crippen LogP) is 2.76. The van der Waals surface area contributed by atoms with Gasteiger partial charge in [-0.15, -0.1) is 0 Å². The Morgan fingerprint density at radius 1 is 1.08 bits per heavy atom. The number of benzene rings is 1. The fraction of sp³-hybridized carbons (Fsp3) is 0.562. The van der Waals surface area contributed by atoms with Crippen LogP contribution in [-0.2, 0) is 24.8 Å². The van der Waals surface area contributed by atoms with Crippen molar-refractivity contribution < 1.29 is 21.6 Å². The molecule has 1 aromatic carbocycles. The number of rotatable bonds is 10. The molecule has 0 heterocycles. The zero-order chi connectivity index (χ0) is 20.0. The van der Waals surface area contributed by atoms with E-state index in [1.807, 2.05) is 18.6 Å². The van der Waals surface area contributed by atoms with Crippen LogP contribution in [-0.4, -0.2) is 40.1 Å². The van der Waals surface area contributed by atoms with E-state index in [1.54, 1.807) is 0 Å². The van der Waals surface area contributed by atoms with Gasteiger partial charge in [0.2, 0.25) is 15.9 Å². The highest BCUT2D eigenvalue weighted by Crippen LogP contribution is 2.28. The summed E-state index contributed by atoms with van der Waals surface area (Å²) >= 11 is 6.09. The molecule has 7 nitrogen and oxygen atoms in total. The molecule has 0 unspecified atom stereocenters. The molecule has 0 saturated heterocycles. The molecule has 0 spiro atoms. The molecule has 0 aromatic heterocycles. The van der Waals surface area contributed by atoms with E-state index in [9.17, 15) is 21.6 Å². The maximum Gasteiger partial charge on any atom is 0.264 e. The summed E-state index contributed by atoms with van der Waals surface area (Å²) in [6.45, 7) is 5.76. The van der Waals surface area contributed by atoms with Gasteiger partial charge in [0, 0.05) is 20.0 Å². The summed E-state index contributed by atoms with van der Waals surface area (Å²) in [6.07, 6.45) is 3.13. The number of carbonyl (C=O) groups excluding carboxylic acids is 1. The van der Waals surface area contributed by atoms with Crippen molar-refractivity contribution in [2.45, 2.75) is 56.2 Å². The van der Waals surface area contributed by atoms with E-state index in [4.69, 9.17) is 11.6 Å². The van der Waals surface area contributed by atoms with Crippen LogP contribution in [0.4, 0.5) is 0 Å². The molecule has 0 saturated carbocycles. The Bertz CT molecular complexity index is 830. The molecule has 1 rings (SSSR count). The van der Waals surface area contributed by atoms with E-state index in [1.165, 1.54) is 4.31 Å². The van der Waals surface area contributed by atoms with Crippen molar-refractivity contribution in [1.29, 1.82) is 0 Å². The average molecular weight is 425 g/mol. The van der Waals surface area contributed by atoms with Gasteiger partial charge in [0.05, 0.1) is 9.92 Å². The maximum absolute atomic E-state index is 12.9. The van der Waals surface area contributed by atoms with Crippen molar-refractivity contribution in [3.05, 3.63) is 23.2 Å². The van der Waals surface area contributed by atoms with Crippen LogP contribution in [0.3, 0.4) is 0 Å². The molecule has 0 aliphatic rings. The number of halogens is 1. The Hall–Kier alpha value is -1.16. The summed E-state index contributed by atoms with van der Waals surface area (Å²) in [4.78, 5) is 10.6. The van der Waals surface area contributed by atoms with E-state index >= 15 is 0 Å².